The fraction of sp³-hybridized carbons (Fsp3) is 0.222. The third kappa shape index (κ3) is 7.03. The van der Waals surface area contributed by atoms with Crippen molar-refractivity contribution < 1.29 is 62.5 Å². The SMILES string of the molecule is O=C(CN1CCN(C(=O)NC(C(=O)N[C@H]2Cc3ccc(F)c(C(=O)O)c3OB2O)c2cc(F)c(O)c(O)c2Cl)C(=O)C1=O)Nc1nccs1. The van der Waals surface area contributed by atoms with Gasteiger partial charge in [0, 0.05) is 30.2 Å². The molecule has 5 rings (SSSR count). The standard InChI is InChI=1S/C27H22BClF2N6O11S/c29-17-11(8-13(31)19(39)20(17)40)18(22(41)33-14-7-10-1-2-12(30)16(25(44)45)21(10)48-28(14)47)35-27(46)37-5-4-36(23(42)24(37)43)9-15(38)34-26-32-3-6-49-26/h1-3,6,8,14,18,39-40,47H,4-5,7,9H2,(H,33,41)(H,35,46)(H,44,45)(H,32,34,38)/t14-,18?/m0/s1. The van der Waals surface area contributed by atoms with E-state index >= 15 is 0 Å². The van der Waals surface area contributed by atoms with Gasteiger partial charge in [0.15, 0.2) is 22.4 Å². The Morgan fingerprint density at radius 3 is 2.53 bits per heavy atom. The highest BCUT2D eigenvalue weighted by Gasteiger charge is 2.42. The molecule has 0 aliphatic carbocycles. The zero-order valence-electron chi connectivity index (χ0n) is 24.5. The second-order valence-corrected chi connectivity index (χ2v) is 11.7. The molecular formula is C27H22BClF2N6O11S. The molecule has 2 atom stereocenters. The number of urea groups is 1. The maximum atomic E-state index is 14.5. The quantitative estimate of drug-likeness (QED) is 0.0948. The Bertz CT molecular complexity index is 1890. The van der Waals surface area contributed by atoms with Gasteiger partial charge in [-0.05, 0) is 24.1 Å². The zero-order valence-corrected chi connectivity index (χ0v) is 26.1. The molecule has 1 aromatic heterocycles. The number of carboxylic acids is 1. The van der Waals surface area contributed by atoms with E-state index in [1.807, 2.05) is 0 Å². The molecule has 1 unspecified atom stereocenters. The van der Waals surface area contributed by atoms with Crippen molar-refractivity contribution in [3.05, 3.63) is 63.1 Å². The summed E-state index contributed by atoms with van der Waals surface area (Å²) >= 11 is 7.21. The first-order valence-corrected chi connectivity index (χ1v) is 15.1. The smallest absolute Gasteiger partial charge is 0.534 e. The largest absolute Gasteiger partial charge is 0.547 e. The number of phenols is 2. The van der Waals surface area contributed by atoms with Gasteiger partial charge < -0.3 is 45.8 Å². The molecule has 3 aromatic rings. The maximum Gasteiger partial charge on any atom is 0.547 e. The Labute approximate surface area is 282 Å². The number of hydrogen-bond acceptors (Lipinski definition) is 12. The van der Waals surface area contributed by atoms with E-state index in [1.54, 1.807) is 5.38 Å². The van der Waals surface area contributed by atoms with Crippen LogP contribution in [0.1, 0.15) is 27.5 Å². The van der Waals surface area contributed by atoms with Gasteiger partial charge in [0.05, 0.1) is 11.0 Å². The molecule has 256 valence electrons. The summed E-state index contributed by atoms with van der Waals surface area (Å²) in [4.78, 5) is 81.7. The predicted octanol–water partition coefficient (Wildman–Crippen LogP) is 0.384. The second-order valence-electron chi connectivity index (χ2n) is 10.5. The van der Waals surface area contributed by atoms with Crippen molar-refractivity contribution >= 4 is 70.8 Å². The summed E-state index contributed by atoms with van der Waals surface area (Å²) in [5.74, 6) is -13.3. The lowest BCUT2D eigenvalue weighted by Gasteiger charge is -2.33. The molecule has 2 aromatic carbocycles. The van der Waals surface area contributed by atoms with Crippen LogP contribution < -0.4 is 20.6 Å². The first-order chi connectivity index (χ1) is 23.2. The van der Waals surface area contributed by atoms with Gasteiger partial charge in [-0.1, -0.05) is 17.7 Å². The van der Waals surface area contributed by atoms with E-state index in [-0.39, 0.29) is 23.7 Å². The van der Waals surface area contributed by atoms with Crippen LogP contribution in [0.15, 0.2) is 29.8 Å². The third-order valence-electron chi connectivity index (χ3n) is 7.35. The average Bonchev–Trinajstić information content (AvgIpc) is 3.56. The zero-order chi connectivity index (χ0) is 35.7. The van der Waals surface area contributed by atoms with Crippen LogP contribution in [-0.2, 0) is 25.6 Å². The first-order valence-electron chi connectivity index (χ1n) is 13.9. The van der Waals surface area contributed by atoms with Crippen LogP contribution in [-0.4, -0.2) is 103 Å². The van der Waals surface area contributed by atoms with Crippen molar-refractivity contribution in [2.24, 2.45) is 0 Å². The molecule has 3 heterocycles. The molecule has 17 nitrogen and oxygen atoms in total. The van der Waals surface area contributed by atoms with Crippen LogP contribution in [0.4, 0.5) is 18.7 Å². The monoisotopic (exact) mass is 722 g/mol. The summed E-state index contributed by atoms with van der Waals surface area (Å²) in [5.41, 5.74) is -1.45. The van der Waals surface area contributed by atoms with Crippen molar-refractivity contribution in [1.82, 2.24) is 25.4 Å². The minimum Gasteiger partial charge on any atom is -0.534 e. The van der Waals surface area contributed by atoms with E-state index in [9.17, 15) is 57.9 Å². The van der Waals surface area contributed by atoms with E-state index in [0.29, 0.717) is 11.0 Å². The minimum absolute atomic E-state index is 0.0589. The number of phenolic OH excluding ortho intramolecular Hbond substituents is 2. The number of thiazole rings is 1. The summed E-state index contributed by atoms with van der Waals surface area (Å²) in [6, 6.07) is -0.974. The van der Waals surface area contributed by atoms with Gasteiger partial charge in [-0.25, -0.2) is 23.4 Å². The number of aromatic carboxylic acids is 1. The van der Waals surface area contributed by atoms with Gasteiger partial charge in [-0.15, -0.1) is 11.3 Å². The Morgan fingerprint density at radius 1 is 1.12 bits per heavy atom. The number of nitrogens with one attached hydrogen (secondary N) is 3. The van der Waals surface area contributed by atoms with Crippen LogP contribution >= 0.6 is 22.9 Å². The van der Waals surface area contributed by atoms with Gasteiger partial charge in [-0.2, -0.15) is 0 Å². The number of aromatic hydroxyl groups is 2. The number of hydrogen-bond donors (Lipinski definition) is 7. The maximum absolute atomic E-state index is 14.5. The molecule has 6 amide bonds. The van der Waals surface area contributed by atoms with Gasteiger partial charge in [-0.3, -0.25) is 24.1 Å². The molecule has 0 bridgehead atoms. The van der Waals surface area contributed by atoms with Crippen molar-refractivity contribution in [2.45, 2.75) is 18.4 Å². The van der Waals surface area contributed by atoms with Gasteiger partial charge in [0.25, 0.3) is 0 Å². The highest BCUT2D eigenvalue weighted by Crippen LogP contribution is 2.40. The van der Waals surface area contributed by atoms with E-state index in [1.165, 1.54) is 6.20 Å². The molecular weight excluding hydrogens is 701 g/mol. The van der Waals surface area contributed by atoms with Gasteiger partial charge >= 0.3 is 30.9 Å². The van der Waals surface area contributed by atoms with Crippen molar-refractivity contribution in [3.8, 4) is 17.2 Å². The van der Waals surface area contributed by atoms with Crippen molar-refractivity contribution in [1.29, 1.82) is 0 Å². The van der Waals surface area contributed by atoms with Crippen LogP contribution in [0.5, 0.6) is 17.2 Å². The fourth-order valence-corrected chi connectivity index (χ4v) is 5.78. The number of carbonyl (C=O) groups is 6. The van der Waals surface area contributed by atoms with Crippen LogP contribution in [0, 0.1) is 11.6 Å². The topological polar surface area (TPSA) is 248 Å². The number of anilines is 1. The number of nitrogens with zero attached hydrogens (tertiary/aromatic N) is 3. The van der Waals surface area contributed by atoms with Crippen LogP contribution in [0.3, 0.4) is 0 Å². The third-order valence-corrected chi connectivity index (χ3v) is 8.44. The Morgan fingerprint density at radius 2 is 1.86 bits per heavy atom. The lowest BCUT2D eigenvalue weighted by atomic mass is 9.72. The summed E-state index contributed by atoms with van der Waals surface area (Å²) in [6.07, 6.45) is 1.10. The normalized spacial score (nSPS) is 16.4. The molecule has 2 aliphatic rings. The lowest BCUT2D eigenvalue weighted by molar-refractivity contribution is -0.154. The van der Waals surface area contributed by atoms with E-state index < -0.39 is 113 Å². The molecule has 2 aliphatic heterocycles. The Balaban J connectivity index is 1.36. The number of benzene rings is 2. The van der Waals surface area contributed by atoms with E-state index in [0.717, 1.165) is 28.4 Å². The number of carboxylic acid groups (broad SMARTS) is 1. The van der Waals surface area contributed by atoms with Crippen LogP contribution in [0.2, 0.25) is 5.02 Å². The number of piperazine rings is 1. The molecule has 0 saturated carbocycles. The molecule has 49 heavy (non-hydrogen) atoms. The minimum atomic E-state index is -2.08. The number of fused-ring (bicyclic) bond motifs is 1. The summed E-state index contributed by atoms with van der Waals surface area (Å²) in [6.45, 7) is -1.33. The molecule has 22 heteroatoms. The van der Waals surface area contributed by atoms with Gasteiger partial charge in [0.2, 0.25) is 11.8 Å². The Hall–Kier alpha value is -5.54. The van der Waals surface area contributed by atoms with E-state index in [2.05, 4.69) is 20.9 Å². The average molecular weight is 723 g/mol. The summed E-state index contributed by atoms with van der Waals surface area (Å²) in [7, 11) is -1.98. The lowest BCUT2D eigenvalue weighted by Crippen LogP contribution is -2.60. The van der Waals surface area contributed by atoms with E-state index in [4.69, 9.17) is 16.3 Å². The number of rotatable bonds is 8. The molecule has 7 N–H and O–H groups in total. The highest BCUT2D eigenvalue weighted by molar-refractivity contribution is 7.13. The number of imide groups is 1. The predicted molar refractivity (Wildman–Crippen MR) is 163 cm³/mol. The molecule has 1 fully saturated rings. The summed E-state index contributed by atoms with van der Waals surface area (Å²) in [5, 5.41) is 47.8. The molecule has 0 spiro atoms. The number of aromatic nitrogens is 1. The molecule has 0 radical (unpaired) electrons. The second kappa shape index (κ2) is 13.9. The first kappa shape index (κ1) is 34.8. The Kier molecular flexibility index (Phi) is 9.87. The number of carbonyl (C=O) groups excluding carboxylic acids is 5. The van der Waals surface area contributed by atoms with Crippen molar-refractivity contribution in [3.63, 3.8) is 0 Å². The highest BCUT2D eigenvalue weighted by atomic mass is 35.5. The van der Waals surface area contributed by atoms with Crippen molar-refractivity contribution in [2.75, 3.05) is 25.0 Å². The molecule has 1 saturated heterocycles. The number of halogens is 3. The van der Waals surface area contributed by atoms with Gasteiger partial charge in [0.1, 0.15) is 29.7 Å². The van der Waals surface area contributed by atoms with Crippen LogP contribution in [0.25, 0.3) is 0 Å². The summed E-state index contributed by atoms with van der Waals surface area (Å²) < 4.78 is 33.9. The number of amides is 6. The fourth-order valence-electron chi connectivity index (χ4n) is 4.98.